The Hall–Kier alpha value is -2.89. The third-order valence-electron chi connectivity index (χ3n) is 3.43. The molecule has 0 saturated carbocycles. The summed E-state index contributed by atoms with van der Waals surface area (Å²) in [5.41, 5.74) is 1.91. The van der Waals surface area contributed by atoms with Crippen LogP contribution in [-0.2, 0) is 9.53 Å². The minimum atomic E-state index is -0.512. The van der Waals surface area contributed by atoms with Gasteiger partial charge in [-0.15, -0.1) is 0 Å². The Morgan fingerprint density at radius 3 is 2.43 bits per heavy atom. The lowest BCUT2D eigenvalue weighted by Crippen LogP contribution is -2.30. The van der Waals surface area contributed by atoms with Gasteiger partial charge in [0.2, 0.25) is 5.56 Å². The molecule has 0 radical (unpaired) electrons. The number of aromatic amines is 1. The molecule has 6 heteroatoms. The van der Waals surface area contributed by atoms with Crippen LogP contribution in [0, 0.1) is 6.92 Å². The number of aryl methyl sites for hydroxylation is 1. The summed E-state index contributed by atoms with van der Waals surface area (Å²) in [7, 11) is 1.30. The van der Waals surface area contributed by atoms with Crippen molar-refractivity contribution in [3.05, 3.63) is 69.6 Å². The van der Waals surface area contributed by atoms with Gasteiger partial charge in [-0.2, -0.15) is 0 Å². The Morgan fingerprint density at radius 2 is 1.87 bits per heavy atom. The van der Waals surface area contributed by atoms with E-state index in [0.717, 1.165) is 11.1 Å². The van der Waals surface area contributed by atoms with Crippen molar-refractivity contribution in [1.82, 2.24) is 10.3 Å². The Morgan fingerprint density at radius 1 is 1.17 bits per heavy atom. The van der Waals surface area contributed by atoms with E-state index in [-0.39, 0.29) is 17.9 Å². The molecule has 6 nitrogen and oxygen atoms in total. The summed E-state index contributed by atoms with van der Waals surface area (Å²) >= 11 is 0. The fraction of sp³-hybridized carbons (Fsp3) is 0.235. The Balaban J connectivity index is 2.21. The first-order valence-electron chi connectivity index (χ1n) is 7.12. The number of carbonyl (C=O) groups excluding carboxylic acids is 2. The van der Waals surface area contributed by atoms with Crippen LogP contribution in [0.25, 0.3) is 0 Å². The highest BCUT2D eigenvalue weighted by molar-refractivity contribution is 5.94. The molecule has 2 rings (SSSR count). The quantitative estimate of drug-likeness (QED) is 0.823. The van der Waals surface area contributed by atoms with Crippen molar-refractivity contribution in [3.63, 3.8) is 0 Å². The minimum Gasteiger partial charge on any atom is -0.469 e. The number of hydrogen-bond acceptors (Lipinski definition) is 4. The first kappa shape index (κ1) is 16.5. The molecule has 0 spiro atoms. The summed E-state index contributed by atoms with van der Waals surface area (Å²) in [6.07, 6.45) is 1.36. The van der Waals surface area contributed by atoms with E-state index >= 15 is 0 Å². The highest BCUT2D eigenvalue weighted by Crippen LogP contribution is 2.19. The molecular formula is C17H18N2O4. The molecule has 0 fully saturated rings. The highest BCUT2D eigenvalue weighted by atomic mass is 16.5. The number of nitrogens with one attached hydrogen (secondary N) is 2. The van der Waals surface area contributed by atoms with Gasteiger partial charge in [0.25, 0.3) is 5.91 Å². The first-order chi connectivity index (χ1) is 11.0. The van der Waals surface area contributed by atoms with Gasteiger partial charge in [0.05, 0.1) is 25.1 Å². The van der Waals surface area contributed by atoms with Crippen molar-refractivity contribution in [3.8, 4) is 0 Å². The molecule has 120 valence electrons. The normalized spacial score (nSPS) is 11.6. The molecule has 1 unspecified atom stereocenters. The molecule has 0 aliphatic carbocycles. The lowest BCUT2D eigenvalue weighted by atomic mass is 10.0. The summed E-state index contributed by atoms with van der Waals surface area (Å²) in [5.74, 6) is -0.798. The number of methoxy groups -OCH3 is 1. The van der Waals surface area contributed by atoms with E-state index in [9.17, 15) is 14.4 Å². The van der Waals surface area contributed by atoms with Crippen LogP contribution in [0.4, 0.5) is 0 Å². The number of hydrogen-bond donors (Lipinski definition) is 2. The van der Waals surface area contributed by atoms with Gasteiger partial charge in [-0.25, -0.2) is 0 Å². The molecule has 1 amide bonds. The summed E-state index contributed by atoms with van der Waals surface area (Å²) in [4.78, 5) is 37.4. The summed E-state index contributed by atoms with van der Waals surface area (Å²) < 4.78 is 4.69. The van der Waals surface area contributed by atoms with Crippen LogP contribution >= 0.6 is 0 Å². The van der Waals surface area contributed by atoms with Gasteiger partial charge < -0.3 is 15.0 Å². The average Bonchev–Trinajstić information content (AvgIpc) is 2.55. The molecule has 1 heterocycles. The second kappa shape index (κ2) is 7.40. The Labute approximate surface area is 133 Å². The van der Waals surface area contributed by atoms with Crippen LogP contribution in [0.5, 0.6) is 0 Å². The first-order valence-corrected chi connectivity index (χ1v) is 7.12. The molecule has 0 saturated heterocycles. The number of H-pyrrole nitrogens is 1. The zero-order valence-corrected chi connectivity index (χ0v) is 13.0. The van der Waals surface area contributed by atoms with E-state index < -0.39 is 12.0 Å². The van der Waals surface area contributed by atoms with E-state index in [1.807, 2.05) is 31.2 Å². The summed E-state index contributed by atoms with van der Waals surface area (Å²) in [6, 6.07) is 9.72. The largest absolute Gasteiger partial charge is 0.469 e. The van der Waals surface area contributed by atoms with Crippen molar-refractivity contribution in [2.45, 2.75) is 19.4 Å². The number of esters is 1. The molecule has 1 atom stereocenters. The third-order valence-corrected chi connectivity index (χ3v) is 3.43. The van der Waals surface area contributed by atoms with Crippen molar-refractivity contribution >= 4 is 11.9 Å². The minimum absolute atomic E-state index is 0.0225. The lowest BCUT2D eigenvalue weighted by molar-refractivity contribution is -0.141. The fourth-order valence-electron chi connectivity index (χ4n) is 2.09. The number of benzene rings is 1. The molecule has 23 heavy (non-hydrogen) atoms. The molecule has 2 aromatic rings. The van der Waals surface area contributed by atoms with Crippen molar-refractivity contribution in [2.24, 2.45) is 0 Å². The molecule has 1 aromatic heterocycles. The second-order valence-electron chi connectivity index (χ2n) is 5.16. The predicted octanol–water partition coefficient (Wildman–Crippen LogP) is 1.72. The van der Waals surface area contributed by atoms with Gasteiger partial charge in [-0.3, -0.25) is 14.4 Å². The standard InChI is InChI=1S/C17H18N2O4/c1-11-3-5-12(6-4-11)14(9-16(21)23-2)19-17(22)13-7-8-15(20)18-10-13/h3-8,10,14H,9H2,1-2H3,(H,18,20)(H,19,22). The highest BCUT2D eigenvalue weighted by Gasteiger charge is 2.19. The van der Waals surface area contributed by atoms with Gasteiger partial charge in [-0.1, -0.05) is 29.8 Å². The van der Waals surface area contributed by atoms with Crippen molar-refractivity contribution < 1.29 is 14.3 Å². The number of aromatic nitrogens is 1. The predicted molar refractivity (Wildman–Crippen MR) is 85.1 cm³/mol. The van der Waals surface area contributed by atoms with Crippen molar-refractivity contribution in [2.75, 3.05) is 7.11 Å². The maximum Gasteiger partial charge on any atom is 0.307 e. The SMILES string of the molecule is COC(=O)CC(NC(=O)c1ccc(=O)[nH]c1)c1ccc(C)cc1. The monoisotopic (exact) mass is 314 g/mol. The van der Waals surface area contributed by atoms with Crippen LogP contribution in [-0.4, -0.2) is 24.0 Å². The van der Waals surface area contributed by atoms with Gasteiger partial charge in [0.15, 0.2) is 0 Å². The number of ether oxygens (including phenoxy) is 1. The van der Waals surface area contributed by atoms with Crippen molar-refractivity contribution in [1.29, 1.82) is 0 Å². The van der Waals surface area contributed by atoms with Crippen LogP contribution in [0.15, 0.2) is 47.4 Å². The van der Waals surface area contributed by atoms with Crippen LogP contribution in [0.1, 0.15) is 33.9 Å². The number of pyridine rings is 1. The maximum absolute atomic E-state index is 12.3. The number of amides is 1. The zero-order chi connectivity index (χ0) is 16.8. The number of carbonyl (C=O) groups is 2. The molecule has 0 aliphatic heterocycles. The molecule has 2 N–H and O–H groups in total. The maximum atomic E-state index is 12.3. The zero-order valence-electron chi connectivity index (χ0n) is 13.0. The summed E-state index contributed by atoms with van der Waals surface area (Å²) in [6.45, 7) is 1.96. The van der Waals surface area contributed by atoms with Crippen LogP contribution in [0.2, 0.25) is 0 Å². The van der Waals surface area contributed by atoms with Crippen LogP contribution in [0.3, 0.4) is 0 Å². The van der Waals surface area contributed by atoms with Gasteiger partial charge in [-0.05, 0) is 18.6 Å². The van der Waals surface area contributed by atoms with E-state index in [0.29, 0.717) is 5.56 Å². The number of rotatable bonds is 5. The van der Waals surface area contributed by atoms with E-state index in [2.05, 4.69) is 10.3 Å². The fourth-order valence-corrected chi connectivity index (χ4v) is 2.09. The van der Waals surface area contributed by atoms with E-state index in [1.165, 1.54) is 25.4 Å². The lowest BCUT2D eigenvalue weighted by Gasteiger charge is -2.18. The Kier molecular flexibility index (Phi) is 5.30. The molecule has 0 bridgehead atoms. The topological polar surface area (TPSA) is 88.3 Å². The van der Waals surface area contributed by atoms with Gasteiger partial charge in [0, 0.05) is 12.3 Å². The average molecular weight is 314 g/mol. The molecule has 0 aliphatic rings. The van der Waals surface area contributed by atoms with Gasteiger partial charge in [0.1, 0.15) is 0 Å². The summed E-state index contributed by atoms with van der Waals surface area (Å²) in [5, 5.41) is 2.79. The molecule has 1 aromatic carbocycles. The van der Waals surface area contributed by atoms with Crippen LogP contribution < -0.4 is 10.9 Å². The van der Waals surface area contributed by atoms with E-state index in [1.54, 1.807) is 0 Å². The van der Waals surface area contributed by atoms with E-state index in [4.69, 9.17) is 4.74 Å². The second-order valence-corrected chi connectivity index (χ2v) is 5.16. The third kappa shape index (κ3) is 4.54. The smallest absolute Gasteiger partial charge is 0.307 e. The Bertz CT molecular complexity index is 729. The van der Waals surface area contributed by atoms with Gasteiger partial charge >= 0.3 is 5.97 Å². The molecular weight excluding hydrogens is 296 g/mol.